The first-order chi connectivity index (χ1) is 12.7. The Morgan fingerprint density at radius 1 is 1.15 bits per heavy atom. The van der Waals surface area contributed by atoms with E-state index in [2.05, 4.69) is 25.4 Å². The Morgan fingerprint density at radius 2 is 2.04 bits per heavy atom. The Bertz CT molecular complexity index is 1030. The van der Waals surface area contributed by atoms with Gasteiger partial charge in [-0.2, -0.15) is 9.61 Å². The Hall–Kier alpha value is -3.35. The summed E-state index contributed by atoms with van der Waals surface area (Å²) in [5.41, 5.74) is 2.57. The molecule has 0 aliphatic rings. The Balaban J connectivity index is 1.68. The van der Waals surface area contributed by atoms with Gasteiger partial charge in [-0.15, -0.1) is 0 Å². The fourth-order valence-electron chi connectivity index (χ4n) is 2.88. The monoisotopic (exact) mass is 348 g/mol. The number of rotatable bonds is 5. The number of hydrogen-bond donors (Lipinski definition) is 1. The highest BCUT2D eigenvalue weighted by Crippen LogP contribution is 2.25. The second kappa shape index (κ2) is 6.87. The molecule has 0 radical (unpaired) electrons. The molecule has 26 heavy (non-hydrogen) atoms. The van der Waals surface area contributed by atoms with Crippen molar-refractivity contribution in [3.8, 4) is 11.3 Å². The van der Waals surface area contributed by atoms with Crippen LogP contribution in [0.15, 0.2) is 61.2 Å². The molecule has 130 valence electrons. The molecular weight excluding hydrogens is 331 g/mol. The molecule has 0 amide bonds. The Labute approximate surface area is 149 Å². The van der Waals surface area contributed by atoms with Gasteiger partial charge in [-0.05, 0) is 19.1 Å². The van der Waals surface area contributed by atoms with Crippen LogP contribution in [0.2, 0.25) is 0 Å². The third-order valence-corrected chi connectivity index (χ3v) is 4.04. The number of aromatic nitrogens is 5. The Morgan fingerprint density at radius 3 is 2.85 bits per heavy atom. The van der Waals surface area contributed by atoms with E-state index >= 15 is 0 Å². The van der Waals surface area contributed by atoms with Gasteiger partial charge in [-0.25, -0.2) is 9.37 Å². The third-order valence-electron chi connectivity index (χ3n) is 4.04. The second-order valence-electron chi connectivity index (χ2n) is 6.05. The molecule has 4 aromatic rings. The maximum absolute atomic E-state index is 14.2. The molecule has 1 atom stereocenters. The predicted octanol–water partition coefficient (Wildman–Crippen LogP) is 3.37. The first-order valence-electron chi connectivity index (χ1n) is 8.32. The van der Waals surface area contributed by atoms with Crippen LogP contribution in [0.25, 0.3) is 16.9 Å². The van der Waals surface area contributed by atoms with Gasteiger partial charge < -0.3 is 5.32 Å². The minimum absolute atomic E-state index is 0.0787. The molecule has 1 N–H and O–H groups in total. The van der Waals surface area contributed by atoms with E-state index in [0.29, 0.717) is 23.3 Å². The summed E-state index contributed by atoms with van der Waals surface area (Å²) < 4.78 is 15.9. The van der Waals surface area contributed by atoms with Gasteiger partial charge in [0.2, 0.25) is 0 Å². The van der Waals surface area contributed by atoms with Crippen LogP contribution in [0.3, 0.4) is 0 Å². The molecular formula is C19H17FN6. The standard InChI is InChI=1S/C19H17FN6/c1-13(10-14-12-21-8-9-22-14)24-19-11-17(15-4-2-3-5-16(15)20)25-18-6-7-23-26(18)19/h2-9,11-13,24H,10H2,1H3/t13-/m0/s1. The van der Waals surface area contributed by atoms with E-state index in [-0.39, 0.29) is 11.9 Å². The first-order valence-corrected chi connectivity index (χ1v) is 8.32. The molecule has 1 aromatic carbocycles. The van der Waals surface area contributed by atoms with Crippen LogP contribution in [0.5, 0.6) is 0 Å². The van der Waals surface area contributed by atoms with Crippen LogP contribution in [-0.4, -0.2) is 30.6 Å². The lowest BCUT2D eigenvalue weighted by atomic mass is 10.1. The molecule has 0 bridgehead atoms. The molecule has 4 rings (SSSR count). The number of nitrogens with zero attached hydrogens (tertiary/aromatic N) is 5. The maximum atomic E-state index is 14.2. The number of anilines is 1. The average Bonchev–Trinajstić information content (AvgIpc) is 3.12. The molecule has 7 heteroatoms. The number of hydrogen-bond acceptors (Lipinski definition) is 5. The summed E-state index contributed by atoms with van der Waals surface area (Å²) in [5.74, 6) is 0.442. The SMILES string of the molecule is C[C@@H](Cc1cnccn1)Nc1cc(-c2ccccc2F)nc2ccnn12. The molecule has 0 fully saturated rings. The van der Waals surface area contributed by atoms with Crippen molar-refractivity contribution in [1.29, 1.82) is 0 Å². The number of fused-ring (bicyclic) bond motifs is 1. The van der Waals surface area contributed by atoms with Gasteiger partial charge in [0.25, 0.3) is 0 Å². The highest BCUT2D eigenvalue weighted by Gasteiger charge is 2.13. The van der Waals surface area contributed by atoms with Gasteiger partial charge in [-0.1, -0.05) is 12.1 Å². The smallest absolute Gasteiger partial charge is 0.157 e. The third kappa shape index (κ3) is 3.23. The zero-order valence-electron chi connectivity index (χ0n) is 14.2. The maximum Gasteiger partial charge on any atom is 0.157 e. The summed E-state index contributed by atoms with van der Waals surface area (Å²) in [7, 11) is 0. The lowest BCUT2D eigenvalue weighted by molar-refractivity contribution is 0.630. The van der Waals surface area contributed by atoms with Crippen molar-refractivity contribution in [3.05, 3.63) is 72.7 Å². The van der Waals surface area contributed by atoms with Gasteiger partial charge in [0.15, 0.2) is 5.65 Å². The van der Waals surface area contributed by atoms with Crippen LogP contribution in [0, 0.1) is 5.82 Å². The lowest BCUT2D eigenvalue weighted by Gasteiger charge is -2.16. The minimum Gasteiger partial charge on any atom is -0.367 e. The summed E-state index contributed by atoms with van der Waals surface area (Å²) in [6.45, 7) is 2.05. The van der Waals surface area contributed by atoms with Gasteiger partial charge in [0, 0.05) is 48.7 Å². The molecule has 0 saturated carbocycles. The van der Waals surface area contributed by atoms with E-state index in [4.69, 9.17) is 0 Å². The van der Waals surface area contributed by atoms with Gasteiger partial charge in [-0.3, -0.25) is 9.97 Å². The van der Waals surface area contributed by atoms with Crippen molar-refractivity contribution >= 4 is 11.5 Å². The van der Waals surface area contributed by atoms with Crippen molar-refractivity contribution < 1.29 is 4.39 Å². The highest BCUT2D eigenvalue weighted by molar-refractivity contribution is 5.67. The summed E-state index contributed by atoms with van der Waals surface area (Å²) in [6, 6.07) is 10.3. The fourth-order valence-corrected chi connectivity index (χ4v) is 2.88. The van der Waals surface area contributed by atoms with Crippen molar-refractivity contribution in [2.45, 2.75) is 19.4 Å². The molecule has 6 nitrogen and oxygen atoms in total. The Kier molecular flexibility index (Phi) is 4.27. The van der Waals surface area contributed by atoms with Crippen molar-refractivity contribution in [2.75, 3.05) is 5.32 Å². The normalized spacial score (nSPS) is 12.2. The van der Waals surface area contributed by atoms with E-state index in [9.17, 15) is 4.39 Å². The largest absolute Gasteiger partial charge is 0.367 e. The zero-order chi connectivity index (χ0) is 17.9. The van der Waals surface area contributed by atoms with Crippen LogP contribution in [-0.2, 0) is 6.42 Å². The lowest BCUT2D eigenvalue weighted by Crippen LogP contribution is -2.21. The summed E-state index contributed by atoms with van der Waals surface area (Å²) in [6.07, 6.45) is 7.45. The topological polar surface area (TPSA) is 68.0 Å². The van der Waals surface area contributed by atoms with E-state index in [0.717, 1.165) is 11.5 Å². The molecule has 3 heterocycles. The van der Waals surface area contributed by atoms with Gasteiger partial charge in [0.05, 0.1) is 17.6 Å². The van der Waals surface area contributed by atoms with E-state index in [1.165, 1.54) is 6.07 Å². The highest BCUT2D eigenvalue weighted by atomic mass is 19.1. The van der Waals surface area contributed by atoms with E-state index in [1.807, 2.05) is 13.0 Å². The van der Waals surface area contributed by atoms with Crippen LogP contribution < -0.4 is 5.32 Å². The van der Waals surface area contributed by atoms with Crippen LogP contribution in [0.4, 0.5) is 10.2 Å². The van der Waals surface area contributed by atoms with Gasteiger partial charge in [0.1, 0.15) is 11.6 Å². The molecule has 3 aromatic heterocycles. The average molecular weight is 348 g/mol. The van der Waals surface area contributed by atoms with Crippen molar-refractivity contribution in [3.63, 3.8) is 0 Å². The zero-order valence-corrected chi connectivity index (χ0v) is 14.2. The van der Waals surface area contributed by atoms with Crippen molar-refractivity contribution in [1.82, 2.24) is 24.6 Å². The fraction of sp³-hybridized carbons (Fsp3) is 0.158. The predicted molar refractivity (Wildman–Crippen MR) is 97.2 cm³/mol. The van der Waals surface area contributed by atoms with Gasteiger partial charge >= 0.3 is 0 Å². The molecule has 0 aliphatic carbocycles. The molecule has 0 aliphatic heterocycles. The van der Waals surface area contributed by atoms with E-state index in [1.54, 1.807) is 53.6 Å². The summed E-state index contributed by atoms with van der Waals surface area (Å²) in [5, 5.41) is 7.73. The number of benzene rings is 1. The molecule has 0 unspecified atom stereocenters. The molecule has 0 saturated heterocycles. The summed E-state index contributed by atoms with van der Waals surface area (Å²) >= 11 is 0. The first kappa shape index (κ1) is 16.1. The molecule has 0 spiro atoms. The minimum atomic E-state index is -0.303. The summed E-state index contributed by atoms with van der Waals surface area (Å²) in [4.78, 5) is 12.9. The van der Waals surface area contributed by atoms with Crippen LogP contribution in [0.1, 0.15) is 12.6 Å². The van der Waals surface area contributed by atoms with Crippen LogP contribution >= 0.6 is 0 Å². The quantitative estimate of drug-likeness (QED) is 0.599. The number of nitrogens with one attached hydrogen (secondary N) is 1. The van der Waals surface area contributed by atoms with Crippen molar-refractivity contribution in [2.24, 2.45) is 0 Å². The number of halogens is 1. The second-order valence-corrected chi connectivity index (χ2v) is 6.05. The van der Waals surface area contributed by atoms with E-state index < -0.39 is 0 Å².